The lowest BCUT2D eigenvalue weighted by molar-refractivity contribution is -0.161. The van der Waals surface area contributed by atoms with Gasteiger partial charge in [-0.2, -0.15) is 0 Å². The summed E-state index contributed by atoms with van der Waals surface area (Å²) in [5.41, 5.74) is 0. The second kappa shape index (κ2) is 59.4. The summed E-state index contributed by atoms with van der Waals surface area (Å²) in [4.78, 5) is 72.4. The second-order valence-corrected chi connectivity index (χ2v) is 27.8. The van der Waals surface area contributed by atoms with Gasteiger partial charge >= 0.3 is 39.5 Å². The number of carbonyl (C=O) groups is 4. The number of rotatable bonds is 66. The summed E-state index contributed by atoms with van der Waals surface area (Å²) in [5.74, 6) is -0.620. The molecule has 510 valence electrons. The topological polar surface area (TPSA) is 237 Å². The lowest BCUT2D eigenvalue weighted by Gasteiger charge is -2.21. The Hall–Kier alpha value is -1.94. The van der Waals surface area contributed by atoms with Gasteiger partial charge in [0.25, 0.3) is 0 Å². The van der Waals surface area contributed by atoms with Crippen molar-refractivity contribution in [3.63, 3.8) is 0 Å². The van der Waals surface area contributed by atoms with Gasteiger partial charge in [0.1, 0.15) is 19.3 Å². The van der Waals surface area contributed by atoms with Crippen LogP contribution in [0.4, 0.5) is 0 Å². The maximum absolute atomic E-state index is 13.0. The van der Waals surface area contributed by atoms with Crippen LogP contribution >= 0.6 is 15.6 Å². The highest BCUT2D eigenvalue weighted by molar-refractivity contribution is 7.47. The van der Waals surface area contributed by atoms with Crippen LogP contribution in [0.1, 0.15) is 337 Å². The second-order valence-electron chi connectivity index (χ2n) is 24.9. The van der Waals surface area contributed by atoms with Crippen molar-refractivity contribution in [1.82, 2.24) is 0 Å². The lowest BCUT2D eigenvalue weighted by atomic mass is 9.99. The summed E-state index contributed by atoms with van der Waals surface area (Å²) < 4.78 is 68.1. The molecular formula is C67H130O17P2. The van der Waals surface area contributed by atoms with Gasteiger partial charge in [-0.05, 0) is 37.5 Å². The predicted octanol–water partition coefficient (Wildman–Crippen LogP) is 18.8. The van der Waals surface area contributed by atoms with Crippen molar-refractivity contribution in [2.75, 3.05) is 39.6 Å². The van der Waals surface area contributed by atoms with Crippen LogP contribution in [-0.2, 0) is 65.4 Å². The van der Waals surface area contributed by atoms with Crippen molar-refractivity contribution in [1.29, 1.82) is 0 Å². The van der Waals surface area contributed by atoms with Crippen LogP contribution in [0, 0.1) is 11.8 Å². The van der Waals surface area contributed by atoms with Crippen molar-refractivity contribution < 1.29 is 80.2 Å². The Morgan fingerprint density at radius 2 is 0.593 bits per heavy atom. The Bertz CT molecular complexity index is 1690. The Labute approximate surface area is 524 Å². The normalized spacial score (nSPS) is 14.5. The van der Waals surface area contributed by atoms with Gasteiger partial charge in [0, 0.05) is 25.7 Å². The van der Waals surface area contributed by atoms with E-state index in [0.29, 0.717) is 31.6 Å². The van der Waals surface area contributed by atoms with Crippen molar-refractivity contribution in [2.45, 2.75) is 355 Å². The zero-order chi connectivity index (χ0) is 63.6. The molecular weight excluding hydrogens is 1140 g/mol. The number of esters is 4. The van der Waals surface area contributed by atoms with Crippen LogP contribution in [0.5, 0.6) is 0 Å². The first-order valence-electron chi connectivity index (χ1n) is 35.0. The lowest BCUT2D eigenvalue weighted by Crippen LogP contribution is -2.30. The fourth-order valence-corrected chi connectivity index (χ4v) is 11.6. The zero-order valence-electron chi connectivity index (χ0n) is 55.6. The van der Waals surface area contributed by atoms with E-state index in [9.17, 15) is 43.2 Å². The average Bonchev–Trinajstić information content (AvgIpc) is 3.70. The zero-order valence-corrected chi connectivity index (χ0v) is 57.4. The summed E-state index contributed by atoms with van der Waals surface area (Å²) in [6.07, 6.45) is 42.9. The van der Waals surface area contributed by atoms with Gasteiger partial charge in [-0.3, -0.25) is 37.3 Å². The number of phosphoric ester groups is 2. The van der Waals surface area contributed by atoms with E-state index in [1.54, 1.807) is 0 Å². The highest BCUT2D eigenvalue weighted by Crippen LogP contribution is 2.45. The minimum Gasteiger partial charge on any atom is -0.462 e. The number of phosphoric acid groups is 2. The van der Waals surface area contributed by atoms with E-state index >= 15 is 0 Å². The molecule has 3 unspecified atom stereocenters. The van der Waals surface area contributed by atoms with E-state index in [-0.39, 0.29) is 25.7 Å². The average molecular weight is 1270 g/mol. The number of unbranched alkanes of at least 4 members (excludes halogenated alkanes) is 35. The molecule has 17 nitrogen and oxygen atoms in total. The number of hydrogen-bond donors (Lipinski definition) is 3. The van der Waals surface area contributed by atoms with Crippen LogP contribution in [0.2, 0.25) is 0 Å². The molecule has 86 heavy (non-hydrogen) atoms. The van der Waals surface area contributed by atoms with Crippen LogP contribution in [0.15, 0.2) is 0 Å². The number of carbonyl (C=O) groups excluding carboxylic acids is 4. The fourth-order valence-electron chi connectivity index (χ4n) is 10.0. The molecule has 0 spiro atoms. The van der Waals surface area contributed by atoms with Gasteiger partial charge in [-0.25, -0.2) is 9.13 Å². The summed E-state index contributed by atoms with van der Waals surface area (Å²) in [6.45, 7) is 9.49. The van der Waals surface area contributed by atoms with Crippen LogP contribution in [0.3, 0.4) is 0 Å². The monoisotopic (exact) mass is 1270 g/mol. The minimum atomic E-state index is -4.95. The molecule has 0 amide bonds. The third-order valence-corrected chi connectivity index (χ3v) is 17.7. The number of aliphatic hydroxyl groups is 1. The molecule has 0 aromatic heterocycles. The van der Waals surface area contributed by atoms with E-state index in [2.05, 4.69) is 41.5 Å². The Morgan fingerprint density at radius 1 is 0.337 bits per heavy atom. The third kappa shape index (κ3) is 59.7. The van der Waals surface area contributed by atoms with Gasteiger partial charge in [0.05, 0.1) is 26.4 Å². The minimum absolute atomic E-state index is 0.106. The molecule has 19 heteroatoms. The van der Waals surface area contributed by atoms with E-state index in [1.165, 1.54) is 148 Å². The smallest absolute Gasteiger partial charge is 0.462 e. The maximum Gasteiger partial charge on any atom is 0.472 e. The number of aliphatic hydroxyl groups excluding tert-OH is 1. The summed E-state index contributed by atoms with van der Waals surface area (Å²) in [5, 5.41) is 10.6. The van der Waals surface area contributed by atoms with Crippen LogP contribution < -0.4 is 0 Å². The van der Waals surface area contributed by atoms with E-state index in [0.717, 1.165) is 102 Å². The van der Waals surface area contributed by atoms with Gasteiger partial charge in [0.15, 0.2) is 12.2 Å². The molecule has 0 saturated carbocycles. The van der Waals surface area contributed by atoms with Crippen LogP contribution in [-0.4, -0.2) is 96.7 Å². The summed E-state index contributed by atoms with van der Waals surface area (Å²) in [7, 11) is -9.89. The molecule has 0 fully saturated rings. The first-order valence-corrected chi connectivity index (χ1v) is 38.0. The van der Waals surface area contributed by atoms with Crippen molar-refractivity contribution >= 4 is 39.5 Å². The molecule has 0 aliphatic heterocycles. The summed E-state index contributed by atoms with van der Waals surface area (Å²) in [6, 6.07) is 0. The van der Waals surface area contributed by atoms with Crippen molar-refractivity contribution in [3.05, 3.63) is 0 Å². The van der Waals surface area contributed by atoms with Gasteiger partial charge < -0.3 is 33.8 Å². The van der Waals surface area contributed by atoms with Gasteiger partial charge in [-0.1, -0.05) is 286 Å². The molecule has 0 bridgehead atoms. The predicted molar refractivity (Wildman–Crippen MR) is 345 cm³/mol. The first kappa shape index (κ1) is 84.1. The van der Waals surface area contributed by atoms with Crippen LogP contribution in [0.25, 0.3) is 0 Å². The molecule has 0 aromatic rings. The number of hydrogen-bond acceptors (Lipinski definition) is 15. The molecule has 0 aliphatic rings. The third-order valence-electron chi connectivity index (χ3n) is 15.8. The number of ether oxygens (including phenoxy) is 4. The van der Waals surface area contributed by atoms with E-state index < -0.39 is 97.5 Å². The van der Waals surface area contributed by atoms with E-state index in [4.69, 9.17) is 37.0 Å². The van der Waals surface area contributed by atoms with Crippen molar-refractivity contribution in [3.8, 4) is 0 Å². The summed E-state index contributed by atoms with van der Waals surface area (Å²) >= 11 is 0. The Morgan fingerprint density at radius 3 is 0.884 bits per heavy atom. The van der Waals surface area contributed by atoms with E-state index in [1.807, 2.05) is 0 Å². The fraction of sp³-hybridized carbons (Fsp3) is 0.940. The molecule has 0 saturated heterocycles. The molecule has 0 aliphatic carbocycles. The van der Waals surface area contributed by atoms with Gasteiger partial charge in [0.2, 0.25) is 0 Å². The Balaban J connectivity index is 5.25. The molecule has 0 heterocycles. The molecule has 0 aromatic carbocycles. The molecule has 6 atom stereocenters. The first-order chi connectivity index (χ1) is 41.4. The quantitative estimate of drug-likeness (QED) is 0.0222. The highest BCUT2D eigenvalue weighted by Gasteiger charge is 2.30. The van der Waals surface area contributed by atoms with Crippen molar-refractivity contribution in [2.24, 2.45) is 11.8 Å². The molecule has 0 radical (unpaired) electrons. The SMILES string of the molecule is CCCCCCCCCCCCCC(=O)OC[C@H](COP(=O)(O)OC[C@@H](O)COP(=O)(O)OC[C@@H](COC(=O)CCCCCCCCCC(C)C)OC(=O)CCCCCCCCCCCCC)OC(=O)CCCCCCCCCCCCC(C)CC. The maximum atomic E-state index is 13.0. The Kier molecular flexibility index (Phi) is 58.0. The largest absolute Gasteiger partial charge is 0.472 e. The standard InChI is InChI=1S/C67H130O17P2/c1-7-10-12-14-16-18-20-25-31-37-43-49-64(69)77-55-62(83-67(72)52-46-40-33-27-23-22-24-30-36-42-48-60(6)9-3)57-81-85(73,74)79-53-61(68)54-80-86(75,76)82-58-63(56-78-65(70)50-44-38-34-28-29-35-41-47-59(4)5)84-66(71)51-45-39-32-26-21-19-17-15-13-11-8-2/h59-63,68H,7-58H2,1-6H3,(H,73,74)(H,75,76)/t60?,61-,62-,63-/m1/s1. The molecule has 0 rings (SSSR count). The van der Waals surface area contributed by atoms with Gasteiger partial charge in [-0.15, -0.1) is 0 Å². The molecule has 3 N–H and O–H groups in total. The highest BCUT2D eigenvalue weighted by atomic mass is 31.2.